The van der Waals surface area contributed by atoms with Gasteiger partial charge in [-0.15, -0.1) is 0 Å². The molecule has 0 fully saturated rings. The van der Waals surface area contributed by atoms with Crippen LogP contribution in [-0.2, 0) is 0 Å². The van der Waals surface area contributed by atoms with E-state index >= 15 is 0 Å². The van der Waals surface area contributed by atoms with Crippen LogP contribution in [0.5, 0.6) is 0 Å². The summed E-state index contributed by atoms with van der Waals surface area (Å²) in [7, 11) is 0. The van der Waals surface area contributed by atoms with E-state index in [2.05, 4.69) is 199 Å². The minimum Gasteiger partial charge on any atom is -0.309 e. The molecular formula is C52H37N5. The van der Waals surface area contributed by atoms with Gasteiger partial charge in [0.15, 0.2) is 11.6 Å². The SMILES string of the molecule is C=Cc1c(/C=C\C)n(-c2ccccc2)c2cc3c(cc12)c1ccccc1n3-c1nc(-c2cccc(-c3ccccc3)c2)nc(-c2cccc(-c3ccccc3)c2)n1. The molecule has 0 spiro atoms. The van der Waals surface area contributed by atoms with Gasteiger partial charge in [0.1, 0.15) is 0 Å². The lowest BCUT2D eigenvalue weighted by Gasteiger charge is -2.13. The van der Waals surface area contributed by atoms with Crippen LogP contribution in [0.4, 0.5) is 0 Å². The van der Waals surface area contributed by atoms with Gasteiger partial charge in [-0.05, 0) is 77.7 Å². The Labute approximate surface area is 331 Å². The maximum Gasteiger partial charge on any atom is 0.238 e. The average molecular weight is 732 g/mol. The number of benzene rings is 7. The van der Waals surface area contributed by atoms with Crippen molar-refractivity contribution >= 4 is 44.9 Å². The first-order chi connectivity index (χ1) is 28.2. The molecule has 5 nitrogen and oxygen atoms in total. The Kier molecular flexibility index (Phi) is 8.46. The predicted octanol–water partition coefficient (Wildman–Crippen LogP) is 13.3. The van der Waals surface area contributed by atoms with Gasteiger partial charge in [0.25, 0.3) is 0 Å². The van der Waals surface area contributed by atoms with E-state index in [1.165, 1.54) is 0 Å². The lowest BCUT2D eigenvalue weighted by molar-refractivity contribution is 0.953. The quantitative estimate of drug-likeness (QED) is 0.156. The zero-order valence-corrected chi connectivity index (χ0v) is 31.4. The molecule has 0 aliphatic heterocycles. The van der Waals surface area contributed by atoms with E-state index in [9.17, 15) is 0 Å². The van der Waals surface area contributed by atoms with Crippen LogP contribution in [-0.4, -0.2) is 24.1 Å². The first kappa shape index (κ1) is 33.9. The van der Waals surface area contributed by atoms with Crippen LogP contribution in [0.2, 0.25) is 0 Å². The van der Waals surface area contributed by atoms with Gasteiger partial charge < -0.3 is 4.57 Å². The Bertz CT molecular complexity index is 3040. The van der Waals surface area contributed by atoms with Crippen LogP contribution >= 0.6 is 0 Å². The fraction of sp³-hybridized carbons (Fsp3) is 0.0192. The van der Waals surface area contributed by atoms with Crippen LogP contribution in [0.3, 0.4) is 0 Å². The van der Waals surface area contributed by atoms with E-state index < -0.39 is 0 Å². The van der Waals surface area contributed by atoms with E-state index in [1.54, 1.807) is 0 Å². The zero-order chi connectivity index (χ0) is 38.3. The van der Waals surface area contributed by atoms with E-state index in [4.69, 9.17) is 15.0 Å². The van der Waals surface area contributed by atoms with Crippen LogP contribution in [0.15, 0.2) is 189 Å². The molecule has 0 aliphatic rings. The van der Waals surface area contributed by atoms with Crippen LogP contribution in [0.1, 0.15) is 18.2 Å². The molecule has 0 saturated heterocycles. The van der Waals surface area contributed by atoms with Crippen molar-refractivity contribution < 1.29 is 0 Å². The van der Waals surface area contributed by atoms with Gasteiger partial charge in [0.2, 0.25) is 5.95 Å². The van der Waals surface area contributed by atoms with Gasteiger partial charge in [-0.2, -0.15) is 9.97 Å². The third-order valence-electron chi connectivity index (χ3n) is 10.7. The van der Waals surface area contributed by atoms with Crippen LogP contribution in [0.25, 0.3) is 102 Å². The molecule has 0 bridgehead atoms. The molecule has 0 radical (unpaired) electrons. The number of rotatable bonds is 8. The second-order valence-corrected chi connectivity index (χ2v) is 14.1. The summed E-state index contributed by atoms with van der Waals surface area (Å²) in [5.74, 6) is 1.75. The van der Waals surface area contributed by atoms with Crippen molar-refractivity contribution in [1.82, 2.24) is 24.1 Å². The molecule has 3 aromatic heterocycles. The lowest BCUT2D eigenvalue weighted by atomic mass is 10.0. The van der Waals surface area contributed by atoms with Gasteiger partial charge in [-0.3, -0.25) is 4.57 Å². The monoisotopic (exact) mass is 731 g/mol. The molecule has 270 valence electrons. The maximum atomic E-state index is 5.32. The topological polar surface area (TPSA) is 48.5 Å². The number of hydrogen-bond acceptors (Lipinski definition) is 3. The number of allylic oxidation sites excluding steroid dienone is 1. The van der Waals surface area contributed by atoms with Crippen molar-refractivity contribution in [1.29, 1.82) is 0 Å². The Hall–Kier alpha value is -7.63. The first-order valence-electron chi connectivity index (χ1n) is 19.2. The lowest BCUT2D eigenvalue weighted by Crippen LogP contribution is -2.06. The summed E-state index contributed by atoms with van der Waals surface area (Å²) in [6, 6.07) is 61.4. The summed E-state index contributed by atoms with van der Waals surface area (Å²) in [5, 5.41) is 3.36. The van der Waals surface area contributed by atoms with Gasteiger partial charge in [0.05, 0.1) is 22.2 Å². The van der Waals surface area contributed by atoms with Crippen LogP contribution < -0.4 is 0 Å². The number of para-hydroxylation sites is 2. The molecule has 57 heavy (non-hydrogen) atoms. The highest BCUT2D eigenvalue weighted by Crippen LogP contribution is 2.40. The predicted molar refractivity (Wildman–Crippen MR) is 238 cm³/mol. The Morgan fingerprint density at radius 3 is 1.56 bits per heavy atom. The Morgan fingerprint density at radius 1 is 0.439 bits per heavy atom. The molecular weight excluding hydrogens is 695 g/mol. The van der Waals surface area contributed by atoms with Gasteiger partial charge in [-0.1, -0.05) is 152 Å². The van der Waals surface area contributed by atoms with E-state index in [0.717, 1.165) is 83.0 Å². The van der Waals surface area contributed by atoms with Gasteiger partial charge in [0, 0.05) is 38.5 Å². The Balaban J connectivity index is 1.27. The second kappa shape index (κ2) is 14.2. The molecule has 0 atom stereocenters. The minimum absolute atomic E-state index is 0.547. The first-order valence-corrected chi connectivity index (χ1v) is 19.2. The summed E-state index contributed by atoms with van der Waals surface area (Å²) < 4.78 is 4.52. The fourth-order valence-electron chi connectivity index (χ4n) is 8.06. The molecule has 7 aromatic carbocycles. The summed E-state index contributed by atoms with van der Waals surface area (Å²) >= 11 is 0. The van der Waals surface area contributed by atoms with E-state index in [1.807, 2.05) is 18.2 Å². The van der Waals surface area contributed by atoms with Crippen molar-refractivity contribution in [2.45, 2.75) is 6.92 Å². The smallest absolute Gasteiger partial charge is 0.238 e. The maximum absolute atomic E-state index is 5.32. The summed E-state index contributed by atoms with van der Waals surface area (Å²) in [6.45, 7) is 6.33. The summed E-state index contributed by atoms with van der Waals surface area (Å²) in [4.78, 5) is 15.9. The van der Waals surface area contributed by atoms with E-state index in [-0.39, 0.29) is 0 Å². The molecule has 3 heterocycles. The highest BCUT2D eigenvalue weighted by atomic mass is 15.2. The second-order valence-electron chi connectivity index (χ2n) is 14.1. The molecule has 5 heteroatoms. The normalized spacial score (nSPS) is 11.6. The molecule has 0 unspecified atom stereocenters. The fourth-order valence-corrected chi connectivity index (χ4v) is 8.06. The van der Waals surface area contributed by atoms with Crippen molar-refractivity contribution in [2.75, 3.05) is 0 Å². The zero-order valence-electron chi connectivity index (χ0n) is 31.4. The molecule has 0 N–H and O–H groups in total. The molecule has 10 rings (SSSR count). The molecule has 10 aromatic rings. The largest absolute Gasteiger partial charge is 0.309 e. The average Bonchev–Trinajstić information content (AvgIpc) is 3.77. The van der Waals surface area contributed by atoms with Gasteiger partial charge in [-0.25, -0.2) is 4.98 Å². The third-order valence-corrected chi connectivity index (χ3v) is 10.7. The molecule has 0 aliphatic carbocycles. The van der Waals surface area contributed by atoms with Crippen molar-refractivity contribution in [2.24, 2.45) is 0 Å². The highest BCUT2D eigenvalue weighted by molar-refractivity contribution is 6.15. The van der Waals surface area contributed by atoms with E-state index in [0.29, 0.717) is 17.6 Å². The minimum atomic E-state index is 0.547. The highest BCUT2D eigenvalue weighted by Gasteiger charge is 2.22. The Morgan fingerprint density at radius 2 is 0.965 bits per heavy atom. The van der Waals surface area contributed by atoms with Crippen molar-refractivity contribution in [3.05, 3.63) is 200 Å². The third kappa shape index (κ3) is 5.94. The standard InChI is InChI=1S/C52H37N5/c1-3-18-46-42(4-2)44-33-45-43-29-14-15-30-47(43)57(49(45)34-48(44)56(46)41-27-12-7-13-28-41)52-54-50(39-25-16-23-37(31-39)35-19-8-5-9-20-35)53-51(55-52)40-26-17-24-38(32-40)36-21-10-6-11-22-36/h3-34H,2H2,1H3/b18-3-. The molecule has 0 amide bonds. The van der Waals surface area contributed by atoms with Crippen molar-refractivity contribution in [3.63, 3.8) is 0 Å². The summed E-state index contributed by atoms with van der Waals surface area (Å²) in [6.07, 6.45) is 6.22. The van der Waals surface area contributed by atoms with Crippen molar-refractivity contribution in [3.8, 4) is 56.7 Å². The number of aromatic nitrogens is 5. The number of nitrogens with zero attached hydrogens (tertiary/aromatic N) is 5. The molecule has 0 saturated carbocycles. The number of fused-ring (bicyclic) bond motifs is 4. The number of hydrogen-bond donors (Lipinski definition) is 0. The van der Waals surface area contributed by atoms with Gasteiger partial charge >= 0.3 is 0 Å². The summed E-state index contributed by atoms with van der Waals surface area (Å²) in [5.41, 5.74) is 12.6. The van der Waals surface area contributed by atoms with Crippen LogP contribution in [0, 0.1) is 0 Å².